The van der Waals surface area contributed by atoms with E-state index in [9.17, 15) is 14.4 Å². The number of aromatic amines is 1. The van der Waals surface area contributed by atoms with E-state index in [4.69, 9.17) is 0 Å². The topological polar surface area (TPSA) is 73.5 Å². The minimum Gasteiger partial charge on any atom is -0.338 e. The molecule has 6 heteroatoms. The van der Waals surface area contributed by atoms with Crippen molar-refractivity contribution in [2.75, 3.05) is 13.1 Å². The lowest BCUT2D eigenvalue weighted by Crippen LogP contribution is -2.65. The molecule has 1 aromatic heterocycles. The summed E-state index contributed by atoms with van der Waals surface area (Å²) in [4.78, 5) is 44.7. The van der Waals surface area contributed by atoms with Gasteiger partial charge in [-0.05, 0) is 50.0 Å². The van der Waals surface area contributed by atoms with Gasteiger partial charge in [-0.25, -0.2) is 0 Å². The summed E-state index contributed by atoms with van der Waals surface area (Å²) in [5.41, 5.74) is 1.17. The molecule has 28 heavy (non-hydrogen) atoms. The minimum atomic E-state index is -0.164. The maximum Gasteiger partial charge on any atom is 0.255 e. The Morgan fingerprint density at radius 2 is 1.96 bits per heavy atom. The van der Waals surface area contributed by atoms with Gasteiger partial charge in [-0.2, -0.15) is 0 Å². The number of hydrogen-bond acceptors (Lipinski definition) is 3. The molecule has 4 rings (SSSR count). The third-order valence-electron chi connectivity index (χ3n) is 6.95. The second kappa shape index (κ2) is 7.72. The smallest absolute Gasteiger partial charge is 0.255 e. The Bertz CT molecular complexity index is 817. The molecule has 2 amide bonds. The Hall–Kier alpha value is -2.11. The van der Waals surface area contributed by atoms with Crippen molar-refractivity contribution in [2.24, 2.45) is 11.8 Å². The molecule has 0 saturated carbocycles. The second-order valence-electron chi connectivity index (χ2n) is 8.65. The number of rotatable bonds is 4. The number of likely N-dealkylation sites (tertiary alicyclic amines) is 1. The van der Waals surface area contributed by atoms with Gasteiger partial charge in [0.2, 0.25) is 11.5 Å². The highest BCUT2D eigenvalue weighted by molar-refractivity contribution is 5.95. The van der Waals surface area contributed by atoms with Gasteiger partial charge < -0.3 is 14.8 Å². The van der Waals surface area contributed by atoms with Gasteiger partial charge in [0.1, 0.15) is 0 Å². The largest absolute Gasteiger partial charge is 0.338 e. The van der Waals surface area contributed by atoms with E-state index in [1.807, 2.05) is 11.8 Å². The molecular weight excluding hydrogens is 354 g/mol. The number of piperidine rings is 3. The first-order valence-electron chi connectivity index (χ1n) is 10.9. The highest BCUT2D eigenvalue weighted by Gasteiger charge is 2.49. The van der Waals surface area contributed by atoms with Crippen molar-refractivity contribution in [2.45, 2.75) is 70.9 Å². The molecule has 0 spiro atoms. The lowest BCUT2D eigenvalue weighted by Gasteiger charge is -2.56. The lowest BCUT2D eigenvalue weighted by atomic mass is 9.71. The van der Waals surface area contributed by atoms with Crippen molar-refractivity contribution in [3.8, 4) is 0 Å². The Labute approximate surface area is 166 Å². The van der Waals surface area contributed by atoms with Gasteiger partial charge >= 0.3 is 0 Å². The number of nitrogens with one attached hydrogen (secondary N) is 1. The van der Waals surface area contributed by atoms with Crippen LogP contribution in [0.4, 0.5) is 0 Å². The number of hydrogen-bond donors (Lipinski definition) is 1. The zero-order valence-electron chi connectivity index (χ0n) is 16.9. The fourth-order valence-electron chi connectivity index (χ4n) is 5.78. The fourth-order valence-corrected chi connectivity index (χ4v) is 5.78. The number of aryl methyl sites for hydroxylation is 1. The molecule has 4 atom stereocenters. The van der Waals surface area contributed by atoms with Gasteiger partial charge in [0.15, 0.2) is 0 Å². The van der Waals surface area contributed by atoms with E-state index in [0.717, 1.165) is 32.1 Å². The Morgan fingerprint density at radius 1 is 1.18 bits per heavy atom. The number of carbonyl (C=O) groups is 2. The first kappa shape index (κ1) is 19.2. The van der Waals surface area contributed by atoms with E-state index in [0.29, 0.717) is 54.9 Å². The normalized spacial score (nSPS) is 29.6. The van der Waals surface area contributed by atoms with Crippen molar-refractivity contribution >= 4 is 11.8 Å². The summed E-state index contributed by atoms with van der Waals surface area (Å²) >= 11 is 0. The number of nitrogens with zero attached hydrogens (tertiary/aromatic N) is 2. The van der Waals surface area contributed by atoms with Crippen LogP contribution in [-0.4, -0.2) is 51.8 Å². The van der Waals surface area contributed by atoms with Crippen LogP contribution in [0.15, 0.2) is 16.9 Å². The van der Waals surface area contributed by atoms with Crippen LogP contribution in [-0.2, 0) is 11.2 Å². The molecule has 3 fully saturated rings. The summed E-state index contributed by atoms with van der Waals surface area (Å²) in [6, 6.07) is 3.66. The molecule has 1 N–H and O–H groups in total. The maximum absolute atomic E-state index is 13.3. The van der Waals surface area contributed by atoms with Gasteiger partial charge in [0.05, 0.1) is 5.56 Å². The average molecular weight is 386 g/mol. The van der Waals surface area contributed by atoms with Crippen molar-refractivity contribution in [1.29, 1.82) is 0 Å². The predicted molar refractivity (Wildman–Crippen MR) is 107 cm³/mol. The quantitative estimate of drug-likeness (QED) is 0.866. The van der Waals surface area contributed by atoms with Crippen molar-refractivity contribution < 1.29 is 9.59 Å². The van der Waals surface area contributed by atoms with Crippen LogP contribution in [0.2, 0.25) is 0 Å². The van der Waals surface area contributed by atoms with Crippen LogP contribution in [0.25, 0.3) is 0 Å². The molecule has 0 aliphatic carbocycles. The van der Waals surface area contributed by atoms with Crippen LogP contribution in [0.1, 0.15) is 68.4 Å². The molecule has 3 aliphatic rings. The number of pyridine rings is 1. The first-order chi connectivity index (χ1) is 13.5. The summed E-state index contributed by atoms with van der Waals surface area (Å²) in [5.74, 6) is 1.06. The molecule has 3 aliphatic heterocycles. The van der Waals surface area contributed by atoms with Gasteiger partial charge in [0.25, 0.3) is 5.91 Å². The Morgan fingerprint density at radius 3 is 2.71 bits per heavy atom. The summed E-state index contributed by atoms with van der Waals surface area (Å²) in [5, 5.41) is 0. The first-order valence-corrected chi connectivity index (χ1v) is 10.9. The van der Waals surface area contributed by atoms with Crippen molar-refractivity contribution in [3.63, 3.8) is 0 Å². The third-order valence-corrected chi connectivity index (χ3v) is 6.95. The van der Waals surface area contributed by atoms with E-state index in [-0.39, 0.29) is 23.6 Å². The second-order valence-corrected chi connectivity index (χ2v) is 8.65. The van der Waals surface area contributed by atoms with Gasteiger partial charge in [-0.15, -0.1) is 0 Å². The zero-order chi connectivity index (χ0) is 19.8. The SMILES string of the molecule is CCC[C@H]1[C@H]2C[C@H](CN(C(=O)c3ccc(=O)[nH]c3CC)C2)[C@@H]2CCCC(=O)N21. The van der Waals surface area contributed by atoms with Crippen LogP contribution in [0, 0.1) is 11.8 Å². The maximum atomic E-state index is 13.3. The van der Waals surface area contributed by atoms with Crippen LogP contribution < -0.4 is 5.56 Å². The van der Waals surface area contributed by atoms with E-state index in [1.165, 1.54) is 6.07 Å². The highest BCUT2D eigenvalue weighted by Crippen LogP contribution is 2.43. The van der Waals surface area contributed by atoms with Crippen LogP contribution in [0.5, 0.6) is 0 Å². The molecule has 3 saturated heterocycles. The fraction of sp³-hybridized carbons (Fsp3) is 0.682. The van der Waals surface area contributed by atoms with E-state index in [2.05, 4.69) is 16.8 Å². The molecule has 0 radical (unpaired) electrons. The molecule has 4 heterocycles. The summed E-state index contributed by atoms with van der Waals surface area (Å²) in [6.07, 6.45) is 6.52. The van der Waals surface area contributed by atoms with E-state index >= 15 is 0 Å². The van der Waals surface area contributed by atoms with Crippen molar-refractivity contribution in [3.05, 3.63) is 33.7 Å². The van der Waals surface area contributed by atoms with Crippen LogP contribution >= 0.6 is 0 Å². The van der Waals surface area contributed by atoms with E-state index < -0.39 is 0 Å². The average Bonchev–Trinajstić information content (AvgIpc) is 2.70. The number of aromatic nitrogens is 1. The third kappa shape index (κ3) is 3.27. The predicted octanol–water partition coefficient (Wildman–Crippen LogP) is 2.58. The zero-order valence-corrected chi connectivity index (χ0v) is 16.9. The molecule has 2 bridgehead atoms. The van der Waals surface area contributed by atoms with Gasteiger partial charge in [0, 0.05) is 43.4 Å². The molecule has 6 nitrogen and oxygen atoms in total. The number of amides is 2. The molecule has 0 aromatic carbocycles. The van der Waals surface area contributed by atoms with Crippen molar-refractivity contribution in [1.82, 2.24) is 14.8 Å². The summed E-state index contributed by atoms with van der Waals surface area (Å²) < 4.78 is 0. The monoisotopic (exact) mass is 385 g/mol. The standard InChI is InChI=1S/C22H31N3O3/c1-3-6-18-14-11-15(19-7-5-8-21(27)25(18)19)13-24(12-14)22(28)16-9-10-20(26)23-17(16)4-2/h9-10,14-15,18-19H,3-8,11-13H2,1-2H3,(H,23,26)/t14-,15+,18-,19-/m0/s1. The number of H-pyrrole nitrogens is 1. The molecule has 0 unspecified atom stereocenters. The number of fused-ring (bicyclic) bond motifs is 4. The van der Waals surface area contributed by atoms with Gasteiger partial charge in [-0.1, -0.05) is 20.3 Å². The summed E-state index contributed by atoms with van der Waals surface area (Å²) in [6.45, 7) is 5.55. The lowest BCUT2D eigenvalue weighted by molar-refractivity contribution is -0.152. The number of carbonyl (C=O) groups excluding carboxylic acids is 2. The molecule has 152 valence electrons. The Balaban J connectivity index is 1.62. The Kier molecular flexibility index (Phi) is 5.30. The minimum absolute atomic E-state index is 0.0219. The van der Waals surface area contributed by atoms with Crippen LogP contribution in [0.3, 0.4) is 0 Å². The highest BCUT2D eigenvalue weighted by atomic mass is 16.2. The molecular formula is C22H31N3O3. The summed E-state index contributed by atoms with van der Waals surface area (Å²) in [7, 11) is 0. The van der Waals surface area contributed by atoms with Gasteiger partial charge in [-0.3, -0.25) is 14.4 Å². The molecule has 1 aromatic rings. The van der Waals surface area contributed by atoms with E-state index in [1.54, 1.807) is 6.07 Å².